The smallest absolute Gasteiger partial charge is 0.413 e. The minimum absolute atomic E-state index is 0.0279. The van der Waals surface area contributed by atoms with Gasteiger partial charge in [0.15, 0.2) is 11.9 Å². The summed E-state index contributed by atoms with van der Waals surface area (Å²) in [5, 5.41) is 31.0. The van der Waals surface area contributed by atoms with Gasteiger partial charge in [0, 0.05) is 41.1 Å². The number of esters is 1. The molecule has 0 spiro atoms. The van der Waals surface area contributed by atoms with E-state index in [1.165, 1.54) is 37.1 Å². The first kappa shape index (κ1) is 37.8. The van der Waals surface area contributed by atoms with Crippen LogP contribution in [0.4, 0.5) is 19.4 Å². The Morgan fingerprint density at radius 1 is 1.15 bits per heavy atom. The number of carbonyl (C=O) groups is 2. The van der Waals surface area contributed by atoms with Crippen molar-refractivity contribution in [3.63, 3.8) is 0 Å². The van der Waals surface area contributed by atoms with Crippen LogP contribution in [0.15, 0.2) is 76.3 Å². The summed E-state index contributed by atoms with van der Waals surface area (Å²) in [4.78, 5) is 39.4. The first-order valence-corrected chi connectivity index (χ1v) is 17.0. The Hall–Kier alpha value is -5.47. The highest BCUT2D eigenvalue weighted by molar-refractivity contribution is 7.10. The van der Waals surface area contributed by atoms with Gasteiger partial charge in [-0.2, -0.15) is 10.3 Å². The van der Waals surface area contributed by atoms with Gasteiger partial charge in [0.05, 0.1) is 28.4 Å². The number of hydrogen-bond donors (Lipinski definition) is 2. The molecule has 52 heavy (non-hydrogen) atoms. The van der Waals surface area contributed by atoms with Crippen molar-refractivity contribution >= 4 is 41.9 Å². The average molecular weight is 732 g/mol. The molecular formula is C36H37F2N8O5S+. The van der Waals surface area contributed by atoms with E-state index in [4.69, 9.17) is 19.7 Å². The fourth-order valence-electron chi connectivity index (χ4n) is 5.77. The average Bonchev–Trinajstić information content (AvgIpc) is 3.80. The number of thiazole rings is 1. The molecule has 1 amide bonds. The van der Waals surface area contributed by atoms with Crippen molar-refractivity contribution < 1.29 is 37.5 Å². The molecular weight excluding hydrogens is 695 g/mol. The quantitative estimate of drug-likeness (QED) is 0.125. The van der Waals surface area contributed by atoms with Gasteiger partial charge in [0.1, 0.15) is 43.8 Å². The minimum Gasteiger partial charge on any atom is -0.464 e. The number of hydrogen-bond acceptors (Lipinski definition) is 12. The third-order valence-corrected chi connectivity index (χ3v) is 9.68. The van der Waals surface area contributed by atoms with Crippen molar-refractivity contribution in [3.8, 4) is 17.3 Å². The molecule has 2 N–H and O–H groups in total. The lowest BCUT2D eigenvalue weighted by Gasteiger charge is -2.38. The molecule has 16 heteroatoms. The molecule has 0 bridgehead atoms. The van der Waals surface area contributed by atoms with E-state index in [-0.39, 0.29) is 37.7 Å². The van der Waals surface area contributed by atoms with E-state index in [9.17, 15) is 19.1 Å². The van der Waals surface area contributed by atoms with Gasteiger partial charge in [-0.05, 0) is 50.5 Å². The topological polar surface area (TPSA) is 162 Å². The first-order chi connectivity index (χ1) is 24.8. The van der Waals surface area contributed by atoms with Crippen molar-refractivity contribution in [1.29, 1.82) is 5.26 Å². The predicted molar refractivity (Wildman–Crippen MR) is 190 cm³/mol. The van der Waals surface area contributed by atoms with Gasteiger partial charge < -0.3 is 14.6 Å². The lowest BCUT2D eigenvalue weighted by Crippen LogP contribution is -2.54. The molecule has 13 nitrogen and oxygen atoms in total. The molecule has 2 aromatic carbocycles. The Morgan fingerprint density at radius 2 is 1.92 bits per heavy atom. The predicted octanol–water partition coefficient (Wildman–Crippen LogP) is 5.56. The summed E-state index contributed by atoms with van der Waals surface area (Å²) >= 11 is 1.24. The van der Waals surface area contributed by atoms with Crippen LogP contribution >= 0.6 is 11.3 Å². The van der Waals surface area contributed by atoms with Gasteiger partial charge >= 0.3 is 12.1 Å². The molecule has 0 saturated heterocycles. The molecule has 0 aliphatic carbocycles. The molecule has 5 rings (SSSR count). The molecule has 2 unspecified atom stereocenters. The normalized spacial score (nSPS) is 17.3. The highest BCUT2D eigenvalue weighted by Gasteiger charge is 2.49. The second kappa shape index (κ2) is 16.3. The second-order valence-corrected chi connectivity index (χ2v) is 13.3. The summed E-state index contributed by atoms with van der Waals surface area (Å²) < 4.78 is 40.5. The zero-order valence-electron chi connectivity index (χ0n) is 28.9. The van der Waals surface area contributed by atoms with Gasteiger partial charge in [-0.3, -0.25) is 15.0 Å². The van der Waals surface area contributed by atoms with Crippen LogP contribution in [0.2, 0.25) is 0 Å². The number of amides is 1. The number of nitrogens with one attached hydrogen (secondary N) is 1. The Labute approximate surface area is 303 Å². The zero-order valence-corrected chi connectivity index (χ0v) is 29.7. The van der Waals surface area contributed by atoms with Crippen molar-refractivity contribution in [2.75, 3.05) is 45.7 Å². The summed E-state index contributed by atoms with van der Waals surface area (Å²) in [6, 6.07) is 14.8. The maximum atomic E-state index is 15.5. The number of ether oxygens (including phenoxy) is 2. The number of nitriles is 1. The van der Waals surface area contributed by atoms with Crippen LogP contribution in [0, 0.1) is 23.0 Å². The molecule has 4 atom stereocenters. The number of pyridine rings is 1. The number of rotatable bonds is 14. The van der Waals surface area contributed by atoms with Crippen LogP contribution in [0.3, 0.4) is 0 Å². The van der Waals surface area contributed by atoms with Gasteiger partial charge in [0.2, 0.25) is 6.34 Å². The number of halogens is 2. The number of anilines is 1. The SMILES string of the molecule is CC(=O)OCC(c1cccnc1NC(=O)OCC[N+]1(C[C@](O)(c2cc(F)ccc2F)[C@@H](C)c2nc(-c3ccc(C#N)cc3)cs2)C=NC=N1)N(C)C. The fraction of sp³-hybridized carbons (Fsp3) is 0.306. The van der Waals surface area contributed by atoms with Gasteiger partial charge in [-0.15, -0.1) is 15.9 Å². The molecule has 3 heterocycles. The third-order valence-electron chi connectivity index (χ3n) is 8.66. The number of aromatic nitrogens is 2. The molecule has 1 aliphatic heterocycles. The van der Waals surface area contributed by atoms with Gasteiger partial charge in [-0.25, -0.2) is 23.5 Å². The highest BCUT2D eigenvalue weighted by atomic mass is 32.1. The maximum absolute atomic E-state index is 15.5. The van der Waals surface area contributed by atoms with E-state index in [1.54, 1.807) is 62.8 Å². The number of aliphatic imine (C=N–C) groups is 1. The maximum Gasteiger partial charge on any atom is 0.413 e. The van der Waals surface area contributed by atoms with Crippen LogP contribution in [-0.4, -0.2) is 89.7 Å². The van der Waals surface area contributed by atoms with Crippen LogP contribution in [0.5, 0.6) is 0 Å². The van der Waals surface area contributed by atoms with E-state index in [0.717, 1.165) is 23.8 Å². The molecule has 4 aromatic rings. The summed E-state index contributed by atoms with van der Waals surface area (Å²) in [5.41, 5.74) is 0.0153. The van der Waals surface area contributed by atoms with Crippen molar-refractivity contribution in [2.45, 2.75) is 31.4 Å². The molecule has 0 radical (unpaired) electrons. The summed E-state index contributed by atoms with van der Waals surface area (Å²) in [6.07, 6.45) is 3.36. The van der Waals surface area contributed by atoms with E-state index in [0.29, 0.717) is 21.8 Å². The molecule has 270 valence electrons. The number of carbonyl (C=O) groups excluding carboxylic acids is 2. The minimum atomic E-state index is -2.09. The summed E-state index contributed by atoms with van der Waals surface area (Å²) in [6.45, 7) is 2.42. The fourth-order valence-corrected chi connectivity index (χ4v) is 6.74. The van der Waals surface area contributed by atoms with Crippen LogP contribution in [-0.2, 0) is 19.9 Å². The standard InChI is InChI=1S/C36H36F2N8O5S/c1-23(34-43-31(19-52-34)26-9-7-25(17-39)8-10-26)36(49,29-16-27(37)11-12-30(29)38)20-46(22-40-21-42-46)14-15-50-35(48)44-33-28(6-5-13-41-33)32(45(3)4)18-51-24(2)47/h5-13,16,19,21-23,32,49H,14-15,18,20H2,1-4H3/p+1/t23-,32?,36+,46?/m0/s1. The van der Waals surface area contributed by atoms with Crippen molar-refractivity contribution in [2.24, 2.45) is 10.1 Å². The molecule has 1 aliphatic rings. The number of quaternary nitrogens is 1. The Morgan fingerprint density at radius 3 is 2.60 bits per heavy atom. The molecule has 0 saturated carbocycles. The number of nitrogens with zero attached hydrogens (tertiary/aromatic N) is 7. The van der Waals surface area contributed by atoms with E-state index in [2.05, 4.69) is 26.5 Å². The number of benzene rings is 2. The molecule has 0 fully saturated rings. The monoisotopic (exact) mass is 731 g/mol. The zero-order chi connectivity index (χ0) is 37.5. The van der Waals surface area contributed by atoms with Crippen LogP contribution in [0.1, 0.15) is 47.5 Å². The summed E-state index contributed by atoms with van der Waals surface area (Å²) in [5.74, 6) is -2.71. The van der Waals surface area contributed by atoms with E-state index >= 15 is 4.39 Å². The lowest BCUT2D eigenvalue weighted by atomic mass is 9.81. The van der Waals surface area contributed by atoms with Crippen molar-refractivity contribution in [1.82, 2.24) is 14.9 Å². The van der Waals surface area contributed by atoms with Crippen LogP contribution in [0.25, 0.3) is 11.3 Å². The van der Waals surface area contributed by atoms with E-state index < -0.39 is 45.8 Å². The third kappa shape index (κ3) is 8.69. The Balaban J connectivity index is 1.36. The first-order valence-electron chi connectivity index (χ1n) is 16.1. The highest BCUT2D eigenvalue weighted by Crippen LogP contribution is 2.42. The number of likely N-dealkylation sites (N-methyl/N-ethyl adjacent to an activating group) is 1. The Bertz CT molecular complexity index is 2000. The Kier molecular flexibility index (Phi) is 11.8. The second-order valence-electron chi connectivity index (χ2n) is 12.4. The van der Waals surface area contributed by atoms with E-state index in [1.807, 2.05) is 4.90 Å². The number of aliphatic hydroxyl groups is 1. The summed E-state index contributed by atoms with van der Waals surface area (Å²) in [7, 11) is 3.59. The van der Waals surface area contributed by atoms with Crippen molar-refractivity contribution in [3.05, 3.63) is 99.5 Å². The lowest BCUT2D eigenvalue weighted by molar-refractivity contribution is -0.848. The van der Waals surface area contributed by atoms with Gasteiger partial charge in [0.25, 0.3) is 0 Å². The van der Waals surface area contributed by atoms with Gasteiger partial charge in [-0.1, -0.05) is 30.2 Å². The largest absolute Gasteiger partial charge is 0.464 e. The molecule has 2 aromatic heterocycles. The van der Waals surface area contributed by atoms with Crippen LogP contribution < -0.4 is 5.32 Å².